The van der Waals surface area contributed by atoms with Gasteiger partial charge >= 0.3 is 0 Å². The van der Waals surface area contributed by atoms with E-state index in [0.29, 0.717) is 11.6 Å². The van der Waals surface area contributed by atoms with Gasteiger partial charge in [0.25, 0.3) is 0 Å². The van der Waals surface area contributed by atoms with E-state index in [-0.39, 0.29) is 12.4 Å². The Kier molecular flexibility index (Phi) is 4.37. The van der Waals surface area contributed by atoms with Crippen molar-refractivity contribution in [3.8, 4) is 0 Å². The molecule has 0 amide bonds. The Morgan fingerprint density at radius 3 is 3.00 bits per heavy atom. The van der Waals surface area contributed by atoms with Gasteiger partial charge in [-0.05, 0) is 44.7 Å². The average Bonchev–Trinajstić information content (AvgIpc) is 2.39. The van der Waals surface area contributed by atoms with Crippen molar-refractivity contribution in [3.63, 3.8) is 0 Å². The van der Waals surface area contributed by atoms with E-state index in [9.17, 15) is 5.11 Å². The Balaban J connectivity index is 2.37. The minimum absolute atomic E-state index is 0.0517. The molecule has 2 rings (SSSR count). The summed E-state index contributed by atoms with van der Waals surface area (Å²) in [5, 5.41) is 16.9. The number of pyridine rings is 1. The van der Waals surface area contributed by atoms with Crippen molar-refractivity contribution < 1.29 is 5.11 Å². The number of aliphatic hydroxyl groups excluding tert-OH is 1. The van der Waals surface area contributed by atoms with Crippen LogP contribution in [-0.2, 0) is 0 Å². The number of aliphatic hydroxyl groups is 1. The smallest absolute Gasteiger partial charge is 0.140 e. The molecule has 0 aromatic carbocycles. The fourth-order valence-electron chi connectivity index (χ4n) is 2.70. The average molecular weight is 262 g/mol. The minimum atomic E-state index is 0.0517. The van der Waals surface area contributed by atoms with Gasteiger partial charge in [0.15, 0.2) is 0 Å². The summed E-state index contributed by atoms with van der Waals surface area (Å²) in [5.41, 5.74) is 7.27. The Hall–Kier alpha value is -1.62. The normalized spacial score (nSPS) is 19.5. The minimum Gasteiger partial charge on any atom is -0.396 e. The Bertz CT molecular complexity index is 459. The second-order valence-electron chi connectivity index (χ2n) is 5.09. The molecule has 0 spiro atoms. The monoisotopic (exact) mass is 262 g/mol. The summed E-state index contributed by atoms with van der Waals surface area (Å²) < 4.78 is 0. The number of aryl methyl sites for hydroxylation is 1. The van der Waals surface area contributed by atoms with E-state index < -0.39 is 0 Å². The van der Waals surface area contributed by atoms with Crippen LogP contribution in [0.15, 0.2) is 12.1 Å². The molecule has 1 aliphatic heterocycles. The molecular weight excluding hydrogens is 240 g/mol. The third-order valence-corrected chi connectivity index (χ3v) is 3.67. The molecule has 104 valence electrons. The van der Waals surface area contributed by atoms with Crippen LogP contribution < -0.4 is 10.6 Å². The molecule has 19 heavy (non-hydrogen) atoms. The standard InChI is InChI=1S/C14H22N4O/c1-10-5-6-12(13(15)16)14(17-10)18-8-3-2-4-11(18)7-9-19/h5-6,11,19H,2-4,7-9H2,1H3,(H3,15,16). The molecule has 4 N–H and O–H groups in total. The maximum Gasteiger partial charge on any atom is 0.140 e. The number of nitrogens with two attached hydrogens (primary N) is 1. The zero-order chi connectivity index (χ0) is 13.8. The molecule has 1 aromatic heterocycles. The summed E-state index contributed by atoms with van der Waals surface area (Å²) in [5.74, 6) is 0.849. The zero-order valence-corrected chi connectivity index (χ0v) is 11.4. The highest BCUT2D eigenvalue weighted by Gasteiger charge is 2.25. The molecule has 2 heterocycles. The van der Waals surface area contributed by atoms with Gasteiger partial charge in [0.2, 0.25) is 0 Å². The maximum atomic E-state index is 9.20. The van der Waals surface area contributed by atoms with E-state index in [4.69, 9.17) is 11.1 Å². The maximum absolute atomic E-state index is 9.20. The van der Waals surface area contributed by atoms with Crippen LogP contribution in [-0.4, -0.2) is 35.1 Å². The number of anilines is 1. The molecule has 0 radical (unpaired) electrons. The summed E-state index contributed by atoms with van der Waals surface area (Å²) >= 11 is 0. The van der Waals surface area contributed by atoms with Crippen molar-refractivity contribution in [2.75, 3.05) is 18.1 Å². The molecule has 1 atom stereocenters. The van der Waals surface area contributed by atoms with E-state index in [1.54, 1.807) is 0 Å². The van der Waals surface area contributed by atoms with Gasteiger partial charge in [-0.2, -0.15) is 0 Å². The Labute approximate surface area is 114 Å². The molecule has 0 aliphatic carbocycles. The molecule has 1 saturated heterocycles. The number of amidine groups is 1. The first-order chi connectivity index (χ1) is 9.13. The lowest BCUT2D eigenvalue weighted by Crippen LogP contribution is -2.42. The Morgan fingerprint density at radius 2 is 2.32 bits per heavy atom. The van der Waals surface area contributed by atoms with Crippen LogP contribution in [0, 0.1) is 12.3 Å². The number of rotatable bonds is 4. The van der Waals surface area contributed by atoms with Crippen molar-refractivity contribution in [3.05, 3.63) is 23.4 Å². The number of aromatic nitrogens is 1. The number of hydrogen-bond donors (Lipinski definition) is 3. The molecule has 1 aromatic rings. The fraction of sp³-hybridized carbons (Fsp3) is 0.571. The van der Waals surface area contributed by atoms with Gasteiger partial charge in [0, 0.05) is 24.9 Å². The first-order valence-corrected chi connectivity index (χ1v) is 6.83. The lowest BCUT2D eigenvalue weighted by atomic mass is 9.98. The third-order valence-electron chi connectivity index (χ3n) is 3.67. The number of nitrogen functional groups attached to an aromatic ring is 1. The summed E-state index contributed by atoms with van der Waals surface area (Å²) in [6, 6.07) is 4.04. The summed E-state index contributed by atoms with van der Waals surface area (Å²) in [6.45, 7) is 3.04. The summed E-state index contributed by atoms with van der Waals surface area (Å²) in [4.78, 5) is 6.79. The van der Waals surface area contributed by atoms with E-state index >= 15 is 0 Å². The molecule has 1 unspecified atom stereocenters. The SMILES string of the molecule is Cc1ccc(C(=N)N)c(N2CCCCC2CCO)n1. The summed E-state index contributed by atoms with van der Waals surface area (Å²) in [7, 11) is 0. The highest BCUT2D eigenvalue weighted by Crippen LogP contribution is 2.27. The second-order valence-corrected chi connectivity index (χ2v) is 5.09. The van der Waals surface area contributed by atoms with Crippen LogP contribution in [0.5, 0.6) is 0 Å². The fourth-order valence-corrected chi connectivity index (χ4v) is 2.70. The number of piperidine rings is 1. The lowest BCUT2D eigenvalue weighted by Gasteiger charge is -2.37. The van der Waals surface area contributed by atoms with E-state index in [2.05, 4.69) is 9.88 Å². The second kappa shape index (κ2) is 6.02. The topological polar surface area (TPSA) is 86.2 Å². The number of hydrogen-bond acceptors (Lipinski definition) is 4. The van der Waals surface area contributed by atoms with Gasteiger partial charge in [-0.25, -0.2) is 4.98 Å². The largest absolute Gasteiger partial charge is 0.396 e. The third kappa shape index (κ3) is 3.04. The molecule has 1 fully saturated rings. The van der Waals surface area contributed by atoms with Gasteiger partial charge < -0.3 is 15.7 Å². The van der Waals surface area contributed by atoms with Crippen LogP contribution in [0.25, 0.3) is 0 Å². The predicted octanol–water partition coefficient (Wildman–Crippen LogP) is 1.42. The van der Waals surface area contributed by atoms with E-state index in [1.165, 1.54) is 6.42 Å². The Morgan fingerprint density at radius 1 is 1.53 bits per heavy atom. The predicted molar refractivity (Wildman–Crippen MR) is 76.7 cm³/mol. The van der Waals surface area contributed by atoms with Gasteiger partial charge in [-0.3, -0.25) is 5.41 Å². The van der Waals surface area contributed by atoms with Crippen molar-refractivity contribution in [1.29, 1.82) is 5.41 Å². The lowest BCUT2D eigenvalue weighted by molar-refractivity contribution is 0.262. The van der Waals surface area contributed by atoms with Crippen LogP contribution in [0.4, 0.5) is 5.82 Å². The molecule has 0 bridgehead atoms. The van der Waals surface area contributed by atoms with E-state index in [1.807, 2.05) is 19.1 Å². The molecule has 5 heteroatoms. The summed E-state index contributed by atoms with van der Waals surface area (Å²) in [6.07, 6.45) is 4.11. The van der Waals surface area contributed by atoms with Crippen molar-refractivity contribution in [1.82, 2.24) is 4.98 Å². The number of nitrogens with zero attached hydrogens (tertiary/aromatic N) is 2. The van der Waals surface area contributed by atoms with Crippen LogP contribution >= 0.6 is 0 Å². The molecular formula is C14H22N4O. The van der Waals surface area contributed by atoms with Crippen molar-refractivity contribution in [2.45, 2.75) is 38.6 Å². The van der Waals surface area contributed by atoms with Crippen molar-refractivity contribution in [2.24, 2.45) is 5.73 Å². The van der Waals surface area contributed by atoms with Crippen LogP contribution in [0.2, 0.25) is 0 Å². The molecule has 0 saturated carbocycles. The van der Waals surface area contributed by atoms with Gasteiger partial charge in [-0.1, -0.05) is 0 Å². The highest BCUT2D eigenvalue weighted by atomic mass is 16.3. The van der Waals surface area contributed by atoms with Gasteiger partial charge in [-0.15, -0.1) is 0 Å². The first-order valence-electron chi connectivity index (χ1n) is 6.83. The van der Waals surface area contributed by atoms with Crippen LogP contribution in [0.1, 0.15) is 36.9 Å². The van der Waals surface area contributed by atoms with Gasteiger partial charge in [0.1, 0.15) is 11.7 Å². The first kappa shape index (κ1) is 13.8. The van der Waals surface area contributed by atoms with E-state index in [0.717, 1.165) is 37.3 Å². The van der Waals surface area contributed by atoms with Gasteiger partial charge in [0.05, 0.1) is 5.56 Å². The van der Waals surface area contributed by atoms with Crippen LogP contribution in [0.3, 0.4) is 0 Å². The molecule has 5 nitrogen and oxygen atoms in total. The quantitative estimate of drug-likeness (QED) is 0.565. The molecule has 1 aliphatic rings. The zero-order valence-electron chi connectivity index (χ0n) is 11.4. The van der Waals surface area contributed by atoms with Crippen molar-refractivity contribution >= 4 is 11.7 Å². The highest BCUT2D eigenvalue weighted by molar-refractivity contribution is 5.99. The number of nitrogens with one attached hydrogen (secondary N) is 1.